The van der Waals surface area contributed by atoms with Crippen molar-refractivity contribution in [1.82, 2.24) is 5.32 Å². The van der Waals surface area contributed by atoms with Gasteiger partial charge in [-0.2, -0.15) is 0 Å². The van der Waals surface area contributed by atoms with E-state index in [1.54, 1.807) is 0 Å². The van der Waals surface area contributed by atoms with E-state index < -0.39 is 7.14 Å². The smallest absolute Gasteiger partial charge is 0.190 e. The first kappa shape index (κ1) is 21.2. The number of allylic oxidation sites excluding steroid dienone is 1. The van der Waals surface area contributed by atoms with E-state index in [9.17, 15) is 4.57 Å². The van der Waals surface area contributed by atoms with Gasteiger partial charge < -0.3 is 9.88 Å². The molecule has 1 heterocycles. The van der Waals surface area contributed by atoms with Gasteiger partial charge in [0.15, 0.2) is 7.14 Å². The van der Waals surface area contributed by atoms with Crippen LogP contribution in [0.5, 0.6) is 0 Å². The van der Waals surface area contributed by atoms with Crippen LogP contribution in [0.4, 0.5) is 0 Å². The normalized spacial score (nSPS) is 16.2. The molecule has 0 aliphatic carbocycles. The van der Waals surface area contributed by atoms with E-state index in [4.69, 9.17) is 4.99 Å². The second-order valence-corrected chi connectivity index (χ2v) is 10.8. The summed E-state index contributed by atoms with van der Waals surface area (Å²) in [6, 6.07) is 39.7. The molecule has 0 amide bonds. The average Bonchev–Trinajstić information content (AvgIpc) is 2.90. The molecule has 3 nitrogen and oxygen atoms in total. The lowest BCUT2D eigenvalue weighted by Crippen LogP contribution is -2.33. The fourth-order valence-electron chi connectivity index (χ4n) is 4.31. The Labute approximate surface area is 194 Å². The number of nitrogens with zero attached hydrogens (tertiary/aromatic N) is 1. The van der Waals surface area contributed by atoms with Crippen molar-refractivity contribution >= 4 is 23.5 Å². The van der Waals surface area contributed by atoms with Crippen molar-refractivity contribution in [1.29, 1.82) is 0 Å². The third-order valence-electron chi connectivity index (χ3n) is 5.94. The Morgan fingerprint density at radius 3 is 1.64 bits per heavy atom. The van der Waals surface area contributed by atoms with Gasteiger partial charge in [-0.3, -0.25) is 0 Å². The first-order valence-corrected chi connectivity index (χ1v) is 12.8. The summed E-state index contributed by atoms with van der Waals surface area (Å²) in [5.74, 6) is 0. The van der Waals surface area contributed by atoms with E-state index in [1.165, 1.54) is 0 Å². The predicted octanol–water partition coefficient (Wildman–Crippen LogP) is 6.02. The largest absolute Gasteiger partial charge is 0.374 e. The number of rotatable bonds is 5. The summed E-state index contributed by atoms with van der Waals surface area (Å²) in [5, 5.41) is 5.21. The molecule has 1 aliphatic heterocycles. The zero-order chi connectivity index (χ0) is 22.7. The van der Waals surface area contributed by atoms with Crippen LogP contribution in [0.25, 0.3) is 0 Å². The van der Waals surface area contributed by atoms with Crippen LogP contribution in [-0.2, 0) is 4.57 Å². The molecule has 1 atom stereocenters. The molecule has 5 rings (SSSR count). The summed E-state index contributed by atoms with van der Waals surface area (Å²) in [7, 11) is -3.20. The molecule has 0 aromatic heterocycles. The highest BCUT2D eigenvalue weighted by molar-refractivity contribution is 7.82. The number of benzene rings is 4. The Hall–Kier alpha value is -3.68. The highest BCUT2D eigenvalue weighted by Gasteiger charge is 2.37. The van der Waals surface area contributed by atoms with Crippen molar-refractivity contribution < 1.29 is 4.57 Å². The van der Waals surface area contributed by atoms with E-state index in [2.05, 4.69) is 29.6 Å². The summed E-state index contributed by atoms with van der Waals surface area (Å²) in [6.07, 6.45) is 0. The van der Waals surface area contributed by atoms with E-state index in [0.717, 1.165) is 33.1 Å². The van der Waals surface area contributed by atoms with Gasteiger partial charge in [-0.15, -0.1) is 0 Å². The Kier molecular flexibility index (Phi) is 5.81. The van der Waals surface area contributed by atoms with Gasteiger partial charge in [0.2, 0.25) is 0 Å². The van der Waals surface area contributed by atoms with Gasteiger partial charge >= 0.3 is 0 Å². The summed E-state index contributed by atoms with van der Waals surface area (Å²) >= 11 is 0. The second-order valence-electron chi connectivity index (χ2n) is 8.08. The van der Waals surface area contributed by atoms with Crippen molar-refractivity contribution in [3.63, 3.8) is 0 Å². The number of hydrogen-bond acceptors (Lipinski definition) is 3. The minimum atomic E-state index is -3.20. The molecule has 1 unspecified atom stereocenters. The van der Waals surface area contributed by atoms with Gasteiger partial charge in [-0.05, 0) is 18.1 Å². The molecule has 1 N–H and O–H groups in total. The zero-order valence-corrected chi connectivity index (χ0v) is 19.3. The molecular weight excluding hydrogens is 423 g/mol. The molecule has 0 saturated heterocycles. The highest BCUT2D eigenvalue weighted by Crippen LogP contribution is 2.54. The monoisotopic (exact) mass is 448 g/mol. The molecule has 33 heavy (non-hydrogen) atoms. The molecule has 0 bridgehead atoms. The third kappa shape index (κ3) is 3.97. The lowest BCUT2D eigenvalue weighted by atomic mass is 9.95. The van der Waals surface area contributed by atoms with Crippen LogP contribution in [0.1, 0.15) is 24.1 Å². The van der Waals surface area contributed by atoms with E-state index >= 15 is 0 Å². The Morgan fingerprint density at radius 1 is 0.667 bits per heavy atom. The van der Waals surface area contributed by atoms with E-state index in [-0.39, 0.29) is 6.04 Å². The summed E-state index contributed by atoms with van der Waals surface area (Å²) < 4.78 is 15.0. The summed E-state index contributed by atoms with van der Waals surface area (Å²) in [6.45, 7) is 1.98. The number of nitrogens with one attached hydrogen (secondary N) is 1. The molecule has 0 saturated carbocycles. The van der Waals surface area contributed by atoms with Crippen LogP contribution in [-0.4, -0.2) is 5.71 Å². The average molecular weight is 449 g/mol. The van der Waals surface area contributed by atoms with Crippen LogP contribution in [0.15, 0.2) is 137 Å². The van der Waals surface area contributed by atoms with Crippen molar-refractivity contribution in [2.75, 3.05) is 0 Å². The van der Waals surface area contributed by atoms with Gasteiger partial charge in [0.1, 0.15) is 5.44 Å². The van der Waals surface area contributed by atoms with Gasteiger partial charge in [0.05, 0.1) is 11.8 Å². The molecule has 4 heteroatoms. The van der Waals surface area contributed by atoms with Gasteiger partial charge in [-0.1, -0.05) is 121 Å². The van der Waals surface area contributed by atoms with E-state index in [0.29, 0.717) is 5.44 Å². The fourth-order valence-corrected chi connectivity index (χ4v) is 7.07. The predicted molar refractivity (Wildman–Crippen MR) is 138 cm³/mol. The SMILES string of the molecule is CC1=C(P(=O)(c2ccccc2)c2ccccc2)N=C(c2ccccc2)C(c2ccccc2)N1. The van der Waals surface area contributed by atoms with Crippen molar-refractivity contribution in [3.8, 4) is 0 Å². The first-order chi connectivity index (χ1) is 16.2. The standard InChI is InChI=1S/C29H25N2OP/c1-22-29(33(32,25-18-10-4-11-19-25)26-20-12-5-13-21-26)31-28(24-16-8-3-9-17-24)27(30-22)23-14-6-2-7-15-23/h2-21,27,30H,1H3. The maximum atomic E-state index is 15.0. The topological polar surface area (TPSA) is 41.5 Å². The van der Waals surface area contributed by atoms with Crippen LogP contribution >= 0.6 is 7.14 Å². The van der Waals surface area contributed by atoms with Gasteiger partial charge in [-0.25, -0.2) is 4.99 Å². The molecule has 1 aliphatic rings. The Balaban J connectivity index is 1.74. The van der Waals surface area contributed by atoms with Gasteiger partial charge in [0.25, 0.3) is 0 Å². The van der Waals surface area contributed by atoms with Crippen molar-refractivity contribution in [2.45, 2.75) is 13.0 Å². The molecule has 0 radical (unpaired) electrons. The minimum Gasteiger partial charge on any atom is -0.374 e. The lowest BCUT2D eigenvalue weighted by Gasteiger charge is -2.32. The third-order valence-corrected chi connectivity index (χ3v) is 9.02. The molecule has 4 aromatic rings. The van der Waals surface area contributed by atoms with E-state index in [1.807, 2.05) is 104 Å². The molecular formula is C29H25N2OP. The van der Waals surface area contributed by atoms with Crippen LogP contribution in [0.2, 0.25) is 0 Å². The Morgan fingerprint density at radius 2 is 1.12 bits per heavy atom. The first-order valence-electron chi connectivity index (χ1n) is 11.1. The van der Waals surface area contributed by atoms with Crippen LogP contribution < -0.4 is 15.9 Å². The molecule has 4 aromatic carbocycles. The van der Waals surface area contributed by atoms with Gasteiger partial charge in [0, 0.05) is 16.3 Å². The quantitative estimate of drug-likeness (QED) is 0.379. The van der Waals surface area contributed by atoms with Crippen molar-refractivity contribution in [3.05, 3.63) is 144 Å². The maximum absolute atomic E-state index is 15.0. The fraction of sp³-hybridized carbons (Fsp3) is 0.0690. The molecule has 162 valence electrons. The highest BCUT2D eigenvalue weighted by atomic mass is 31.2. The number of aliphatic imine (C=N–C) groups is 1. The number of hydrogen-bond donors (Lipinski definition) is 1. The van der Waals surface area contributed by atoms with Crippen LogP contribution in [0.3, 0.4) is 0 Å². The Bertz CT molecular complexity index is 1300. The second kappa shape index (κ2) is 9.05. The maximum Gasteiger partial charge on any atom is 0.190 e. The van der Waals surface area contributed by atoms with Crippen LogP contribution in [0, 0.1) is 0 Å². The summed E-state index contributed by atoms with van der Waals surface area (Å²) in [5.41, 5.74) is 4.43. The minimum absolute atomic E-state index is 0.127. The molecule has 0 fully saturated rings. The summed E-state index contributed by atoms with van der Waals surface area (Å²) in [4.78, 5) is 5.19. The molecule has 0 spiro atoms. The zero-order valence-electron chi connectivity index (χ0n) is 18.4. The lowest BCUT2D eigenvalue weighted by molar-refractivity contribution is 0.588. The van der Waals surface area contributed by atoms with Crippen molar-refractivity contribution in [2.24, 2.45) is 4.99 Å².